The van der Waals surface area contributed by atoms with E-state index >= 15 is 0 Å². The van der Waals surface area contributed by atoms with E-state index in [-0.39, 0.29) is 19.1 Å². The molecule has 35 heavy (non-hydrogen) atoms. The van der Waals surface area contributed by atoms with Crippen molar-refractivity contribution in [2.45, 2.75) is 62.5 Å². The molecule has 4 atom stereocenters. The van der Waals surface area contributed by atoms with Crippen molar-refractivity contribution in [2.75, 3.05) is 6.61 Å². The zero-order valence-electron chi connectivity index (χ0n) is 20.4. The highest BCUT2D eigenvalue weighted by atomic mass is 16.8. The molecule has 0 unspecified atom stereocenters. The lowest BCUT2D eigenvalue weighted by Gasteiger charge is -2.37. The van der Waals surface area contributed by atoms with Gasteiger partial charge in [-0.2, -0.15) is 5.26 Å². The van der Waals surface area contributed by atoms with Gasteiger partial charge < -0.3 is 18.9 Å². The molecule has 0 bridgehead atoms. The summed E-state index contributed by atoms with van der Waals surface area (Å²) in [5.41, 5.74) is 1.50. The predicted molar refractivity (Wildman–Crippen MR) is 132 cm³/mol. The van der Waals surface area contributed by atoms with Gasteiger partial charge in [0, 0.05) is 0 Å². The second-order valence-corrected chi connectivity index (χ2v) is 9.84. The van der Waals surface area contributed by atoms with E-state index in [0.717, 1.165) is 16.7 Å². The quantitative estimate of drug-likeness (QED) is 0.423. The second-order valence-electron chi connectivity index (χ2n) is 9.84. The Bertz CT molecular complexity index is 1080. The van der Waals surface area contributed by atoms with Crippen LogP contribution in [0, 0.1) is 11.3 Å². The van der Waals surface area contributed by atoms with Crippen molar-refractivity contribution in [3.05, 3.63) is 108 Å². The molecule has 5 nitrogen and oxygen atoms in total. The Kier molecular flexibility index (Phi) is 6.25. The van der Waals surface area contributed by atoms with Crippen molar-refractivity contribution in [2.24, 2.45) is 0 Å². The fourth-order valence-corrected chi connectivity index (χ4v) is 5.58. The largest absolute Gasteiger partial charge is 0.366 e. The molecule has 3 aromatic rings. The summed E-state index contributed by atoms with van der Waals surface area (Å²) in [7, 11) is 0. The van der Waals surface area contributed by atoms with Crippen LogP contribution >= 0.6 is 0 Å². The van der Waals surface area contributed by atoms with E-state index in [0.29, 0.717) is 0 Å². The first-order valence-electron chi connectivity index (χ1n) is 12.1. The number of hydrogen-bond donors (Lipinski definition) is 0. The molecule has 2 heterocycles. The molecule has 2 aliphatic rings. The van der Waals surface area contributed by atoms with Crippen molar-refractivity contribution in [3.63, 3.8) is 0 Å². The van der Waals surface area contributed by atoms with Crippen LogP contribution in [0.5, 0.6) is 0 Å². The summed E-state index contributed by atoms with van der Waals surface area (Å²) in [4.78, 5) is 0. The van der Waals surface area contributed by atoms with E-state index in [4.69, 9.17) is 18.9 Å². The monoisotopic (exact) mass is 469 g/mol. The summed E-state index contributed by atoms with van der Waals surface area (Å²) in [5, 5.41) is 9.43. The highest BCUT2D eigenvalue weighted by Crippen LogP contribution is 2.48. The maximum atomic E-state index is 9.43. The summed E-state index contributed by atoms with van der Waals surface area (Å²) in [5.74, 6) is -0.759. The van der Waals surface area contributed by atoms with Crippen LogP contribution in [0.3, 0.4) is 0 Å². The van der Waals surface area contributed by atoms with Crippen LogP contribution in [-0.4, -0.2) is 36.3 Å². The Balaban J connectivity index is 1.56. The highest BCUT2D eigenvalue weighted by molar-refractivity contribution is 5.47. The first-order chi connectivity index (χ1) is 16.9. The molecule has 180 valence electrons. The maximum Gasteiger partial charge on any atom is 0.164 e. The van der Waals surface area contributed by atoms with Gasteiger partial charge in [0.1, 0.15) is 29.5 Å². The third-order valence-electron chi connectivity index (χ3n) is 7.04. The average Bonchev–Trinajstić information content (AvgIpc) is 3.27. The van der Waals surface area contributed by atoms with Gasteiger partial charge in [0.15, 0.2) is 5.79 Å². The van der Waals surface area contributed by atoms with Crippen LogP contribution in [0.2, 0.25) is 0 Å². The van der Waals surface area contributed by atoms with Crippen LogP contribution in [-0.2, 0) is 24.5 Å². The van der Waals surface area contributed by atoms with Gasteiger partial charge in [0.05, 0.1) is 19.1 Å². The lowest BCUT2D eigenvalue weighted by molar-refractivity contribution is -0.208. The first-order valence-corrected chi connectivity index (χ1v) is 12.1. The number of fused-ring (bicyclic) bond motifs is 1. The molecule has 3 aromatic carbocycles. The molecule has 0 amide bonds. The summed E-state index contributed by atoms with van der Waals surface area (Å²) >= 11 is 0. The van der Waals surface area contributed by atoms with E-state index in [9.17, 15) is 5.26 Å². The van der Waals surface area contributed by atoms with Crippen molar-refractivity contribution in [1.29, 1.82) is 5.26 Å². The Morgan fingerprint density at radius 2 is 1.31 bits per heavy atom. The van der Waals surface area contributed by atoms with E-state index in [2.05, 4.69) is 42.5 Å². The zero-order valence-corrected chi connectivity index (χ0v) is 20.4. The summed E-state index contributed by atoms with van der Waals surface area (Å²) in [6.07, 6.45) is -0.914. The number of benzene rings is 3. The van der Waals surface area contributed by atoms with Gasteiger partial charge in [0.25, 0.3) is 0 Å². The molecule has 0 N–H and O–H groups in total. The van der Waals surface area contributed by atoms with E-state index < -0.39 is 29.2 Å². The molecule has 0 aromatic heterocycles. The van der Waals surface area contributed by atoms with Gasteiger partial charge in [-0.3, -0.25) is 0 Å². The van der Waals surface area contributed by atoms with Crippen molar-refractivity contribution in [3.8, 4) is 6.07 Å². The standard InChI is InChI=1S/C30H31NO4/c1-28(2)34-27-25(33-26(19-20-31)29(27,3)35-28)21-32-30(22-13-7-4-8-14-22,23-15-9-5-10-16-23)24-17-11-6-12-18-24/h4-18,25-27H,19,21H2,1-3H3/t25-,26-,27-,29+/m1/s1. The van der Waals surface area contributed by atoms with Crippen LogP contribution in [0.1, 0.15) is 43.9 Å². The Labute approximate surface area is 207 Å². The first kappa shape index (κ1) is 23.7. The van der Waals surface area contributed by atoms with Gasteiger partial charge in [-0.1, -0.05) is 91.0 Å². The van der Waals surface area contributed by atoms with Crippen molar-refractivity contribution in [1.82, 2.24) is 0 Å². The third kappa shape index (κ3) is 4.17. The third-order valence-corrected chi connectivity index (χ3v) is 7.04. The lowest BCUT2D eigenvalue weighted by Crippen LogP contribution is -2.44. The molecule has 0 radical (unpaired) electrons. The van der Waals surface area contributed by atoms with E-state index in [1.165, 1.54) is 0 Å². The smallest absolute Gasteiger partial charge is 0.164 e. The summed E-state index contributed by atoms with van der Waals surface area (Å²) in [6, 6.07) is 33.0. The Morgan fingerprint density at radius 3 is 1.77 bits per heavy atom. The minimum Gasteiger partial charge on any atom is -0.366 e. The molecule has 5 heteroatoms. The van der Waals surface area contributed by atoms with E-state index in [1.54, 1.807) is 0 Å². The molecule has 2 aliphatic heterocycles. The molecule has 2 saturated heterocycles. The van der Waals surface area contributed by atoms with Gasteiger partial charge in [-0.05, 0) is 37.5 Å². The number of ether oxygens (including phenoxy) is 4. The zero-order chi connectivity index (χ0) is 24.5. The number of nitriles is 1. The minimum atomic E-state index is -0.855. The lowest BCUT2D eigenvalue weighted by atomic mass is 9.80. The van der Waals surface area contributed by atoms with Gasteiger partial charge in [-0.15, -0.1) is 0 Å². The molecular weight excluding hydrogens is 438 g/mol. The normalized spacial score (nSPS) is 27.3. The molecule has 5 rings (SSSR count). The number of rotatable bonds is 7. The maximum absolute atomic E-state index is 9.43. The molecule has 0 aliphatic carbocycles. The summed E-state index contributed by atoms with van der Waals surface area (Å²) < 4.78 is 25.9. The topological polar surface area (TPSA) is 60.7 Å². The SMILES string of the molecule is CC1(C)O[C@@H]2[C@@H](COC(c3ccccc3)(c3ccccc3)c3ccccc3)O[C@H](CC#N)[C@]2(C)O1. The molecular formula is C30H31NO4. The number of nitrogens with zero attached hydrogens (tertiary/aromatic N) is 1. The number of hydrogen-bond acceptors (Lipinski definition) is 5. The average molecular weight is 470 g/mol. The Hall–Kier alpha value is -3.01. The van der Waals surface area contributed by atoms with Crippen molar-refractivity contribution >= 4 is 0 Å². The van der Waals surface area contributed by atoms with Gasteiger partial charge in [0.2, 0.25) is 0 Å². The molecule has 0 spiro atoms. The van der Waals surface area contributed by atoms with Gasteiger partial charge >= 0.3 is 0 Å². The summed E-state index contributed by atoms with van der Waals surface area (Å²) in [6.45, 7) is 6.05. The fraction of sp³-hybridized carbons (Fsp3) is 0.367. The van der Waals surface area contributed by atoms with Gasteiger partial charge in [-0.25, -0.2) is 0 Å². The molecule has 0 saturated carbocycles. The molecule has 2 fully saturated rings. The van der Waals surface area contributed by atoms with Crippen LogP contribution in [0.15, 0.2) is 91.0 Å². The van der Waals surface area contributed by atoms with Crippen molar-refractivity contribution < 1.29 is 18.9 Å². The Morgan fingerprint density at radius 1 is 0.829 bits per heavy atom. The predicted octanol–water partition coefficient (Wildman–Crippen LogP) is 5.59. The van der Waals surface area contributed by atoms with Crippen LogP contribution < -0.4 is 0 Å². The fourth-order valence-electron chi connectivity index (χ4n) is 5.58. The van der Waals surface area contributed by atoms with E-state index in [1.807, 2.05) is 75.4 Å². The highest BCUT2D eigenvalue weighted by Gasteiger charge is 2.63. The van der Waals surface area contributed by atoms with Crippen LogP contribution in [0.4, 0.5) is 0 Å². The minimum absolute atomic E-state index is 0.226. The van der Waals surface area contributed by atoms with Crippen LogP contribution in [0.25, 0.3) is 0 Å². The second kappa shape index (κ2) is 9.22.